The van der Waals surface area contributed by atoms with E-state index in [1.807, 2.05) is 69.2 Å². The van der Waals surface area contributed by atoms with Crippen molar-refractivity contribution in [1.29, 1.82) is 0 Å². The maximum atomic E-state index is 14.1. The average molecular weight is 943 g/mol. The molecule has 0 aromatic heterocycles. The third kappa shape index (κ3) is 17.1. The fourth-order valence-electron chi connectivity index (χ4n) is 12.5. The van der Waals surface area contributed by atoms with Gasteiger partial charge in [-0.3, -0.25) is 9.69 Å². The molecule has 0 heterocycles. The summed E-state index contributed by atoms with van der Waals surface area (Å²) in [5.41, 5.74) is 0.312. The van der Waals surface area contributed by atoms with E-state index in [-0.39, 0.29) is 17.5 Å². The molecule has 0 aliphatic heterocycles. The summed E-state index contributed by atoms with van der Waals surface area (Å²) in [6, 6.07) is -0.487. The Morgan fingerprint density at radius 2 is 1.25 bits per heavy atom. The molecule has 12 heteroatoms. The van der Waals surface area contributed by atoms with Crippen LogP contribution >= 0.6 is 0 Å². The third-order valence-corrected chi connectivity index (χ3v) is 15.8. The quantitative estimate of drug-likeness (QED) is 0.0499. The van der Waals surface area contributed by atoms with E-state index in [1.54, 1.807) is 4.90 Å². The highest BCUT2D eigenvalue weighted by Gasteiger charge is 2.59. The average Bonchev–Trinajstić information content (AvgIpc) is 3.56. The molecule has 3 amide bonds. The summed E-state index contributed by atoms with van der Waals surface area (Å²) in [4.78, 5) is 55.9. The van der Waals surface area contributed by atoms with E-state index in [0.29, 0.717) is 69.9 Å². The van der Waals surface area contributed by atoms with Crippen molar-refractivity contribution in [1.82, 2.24) is 20.4 Å². The Kier molecular flexibility index (Phi) is 20.4. The third-order valence-electron chi connectivity index (χ3n) is 15.8. The van der Waals surface area contributed by atoms with Gasteiger partial charge < -0.3 is 34.5 Å². The first-order valence-electron chi connectivity index (χ1n) is 26.7. The van der Waals surface area contributed by atoms with Gasteiger partial charge in [0.2, 0.25) is 0 Å². The molecule has 2 N–H and O–H groups in total. The predicted octanol–water partition coefficient (Wildman–Crippen LogP) is 12.5. The lowest BCUT2D eigenvalue weighted by atomic mass is 9.47. The van der Waals surface area contributed by atoms with Crippen LogP contribution in [0.2, 0.25) is 0 Å². The van der Waals surface area contributed by atoms with E-state index in [4.69, 9.17) is 18.9 Å². The summed E-state index contributed by atoms with van der Waals surface area (Å²) < 4.78 is 23.0. The molecule has 0 aromatic rings. The summed E-state index contributed by atoms with van der Waals surface area (Å²) in [6.07, 6.45) is 17.2. The number of fused-ring (bicyclic) bond motifs is 5. The van der Waals surface area contributed by atoms with E-state index in [1.165, 1.54) is 56.9 Å². The van der Waals surface area contributed by atoms with Crippen LogP contribution in [0.3, 0.4) is 0 Å². The summed E-state index contributed by atoms with van der Waals surface area (Å²) in [5.74, 6) is 4.52. The summed E-state index contributed by atoms with van der Waals surface area (Å²) in [6.45, 7) is 33.8. The van der Waals surface area contributed by atoms with Gasteiger partial charge in [-0.15, -0.1) is 0 Å². The molecule has 0 spiro atoms. The van der Waals surface area contributed by atoms with Gasteiger partial charge in [0.05, 0.1) is 0 Å². The van der Waals surface area contributed by atoms with Gasteiger partial charge in [-0.1, -0.05) is 65.5 Å². The molecular weight excluding hydrogens is 845 g/mol. The maximum Gasteiger partial charge on any atom is 0.410 e. The minimum Gasteiger partial charge on any atom is -0.461 e. The van der Waals surface area contributed by atoms with E-state index in [0.717, 1.165) is 55.3 Å². The molecule has 67 heavy (non-hydrogen) atoms. The molecule has 9 atom stereocenters. The normalized spacial score (nSPS) is 27.2. The van der Waals surface area contributed by atoms with Crippen LogP contribution in [0.1, 0.15) is 200 Å². The van der Waals surface area contributed by atoms with Crippen molar-refractivity contribution in [2.24, 2.45) is 46.3 Å². The summed E-state index contributed by atoms with van der Waals surface area (Å²) >= 11 is 0. The first kappa shape index (κ1) is 56.6. The number of nitrogens with one attached hydrogen (secondary N) is 2. The highest BCUT2D eigenvalue weighted by Crippen LogP contribution is 2.67. The minimum atomic E-state index is -0.653. The van der Waals surface area contributed by atoms with Gasteiger partial charge in [-0.05, 0) is 193 Å². The van der Waals surface area contributed by atoms with Crippen LogP contribution < -0.4 is 10.6 Å². The second-order valence-electron chi connectivity index (χ2n) is 25.0. The topological polar surface area (TPSA) is 136 Å². The van der Waals surface area contributed by atoms with Crippen molar-refractivity contribution >= 4 is 24.2 Å². The van der Waals surface area contributed by atoms with Gasteiger partial charge >= 0.3 is 24.2 Å². The number of amides is 3. The smallest absolute Gasteiger partial charge is 0.410 e. The van der Waals surface area contributed by atoms with Gasteiger partial charge in [-0.25, -0.2) is 14.4 Å². The molecule has 4 aliphatic rings. The molecule has 3 saturated carbocycles. The van der Waals surface area contributed by atoms with Crippen molar-refractivity contribution in [3.05, 3.63) is 11.6 Å². The Labute approximate surface area is 407 Å². The summed E-state index contributed by atoms with van der Waals surface area (Å²) in [5, 5.41) is 5.64. The largest absolute Gasteiger partial charge is 0.461 e. The number of carbonyl (C=O) groups is 4. The van der Waals surface area contributed by atoms with Crippen LogP contribution in [0.25, 0.3) is 0 Å². The zero-order valence-corrected chi connectivity index (χ0v) is 45.2. The van der Waals surface area contributed by atoms with Crippen LogP contribution in [0.5, 0.6) is 0 Å². The molecule has 386 valence electrons. The highest BCUT2D eigenvalue weighted by atomic mass is 16.6. The lowest BCUT2D eigenvalue weighted by Gasteiger charge is -2.58. The minimum absolute atomic E-state index is 0.134. The molecular formula is C55H98N4O8. The Balaban J connectivity index is 1.36. The predicted molar refractivity (Wildman–Crippen MR) is 269 cm³/mol. The van der Waals surface area contributed by atoms with Gasteiger partial charge in [-0.2, -0.15) is 0 Å². The van der Waals surface area contributed by atoms with Gasteiger partial charge in [0.25, 0.3) is 0 Å². The van der Waals surface area contributed by atoms with Crippen LogP contribution in [-0.4, -0.2) is 102 Å². The summed E-state index contributed by atoms with van der Waals surface area (Å²) in [7, 11) is 0. The molecule has 0 saturated heterocycles. The maximum absolute atomic E-state index is 14.1. The van der Waals surface area contributed by atoms with Gasteiger partial charge in [0.1, 0.15) is 28.9 Å². The number of carbonyl (C=O) groups excluding carboxylic acids is 4. The SMILES string of the molecule is CC(C)CCCC(C)[C@H]1CC[C@H]2[C@@H]3CC=C4C[C@@H](OC(=O)C(C)N(CCCCN(CCCNC(=O)OC(C)(C)C)C(=O)OC(C)(C)C)CCCNC(=O)OC(C)(C)C)CC[C@]4(C)[C@H]3CC[C@]12C. The Bertz CT molecular complexity index is 1640. The second kappa shape index (κ2) is 24.2. The first-order chi connectivity index (χ1) is 31.1. The molecule has 0 aromatic carbocycles. The number of alkyl carbamates (subject to hydrolysis) is 2. The number of hydrogen-bond acceptors (Lipinski definition) is 9. The van der Waals surface area contributed by atoms with E-state index < -0.39 is 41.1 Å². The lowest BCUT2D eigenvalue weighted by molar-refractivity contribution is -0.157. The number of allylic oxidation sites excluding steroid dienone is 1. The number of hydrogen-bond donors (Lipinski definition) is 2. The van der Waals surface area contributed by atoms with Crippen molar-refractivity contribution in [2.75, 3.05) is 39.3 Å². The van der Waals surface area contributed by atoms with Crippen molar-refractivity contribution in [3.63, 3.8) is 0 Å². The van der Waals surface area contributed by atoms with Crippen molar-refractivity contribution < 1.29 is 38.1 Å². The number of unbranched alkanes of at least 4 members (excludes halogenated alkanes) is 1. The number of rotatable bonds is 21. The second-order valence-corrected chi connectivity index (χ2v) is 25.0. The number of esters is 1. The molecule has 0 bridgehead atoms. The number of nitrogens with zero attached hydrogens (tertiary/aromatic N) is 2. The first-order valence-corrected chi connectivity index (χ1v) is 26.7. The Hall–Kier alpha value is -3.02. The Morgan fingerprint density at radius 3 is 1.85 bits per heavy atom. The molecule has 12 nitrogen and oxygen atoms in total. The van der Waals surface area contributed by atoms with Crippen LogP contribution in [0, 0.1) is 46.3 Å². The molecule has 2 unspecified atom stereocenters. The van der Waals surface area contributed by atoms with Crippen LogP contribution in [-0.2, 0) is 23.7 Å². The zero-order valence-electron chi connectivity index (χ0n) is 45.2. The van der Waals surface area contributed by atoms with Gasteiger partial charge in [0, 0.05) is 39.1 Å². The van der Waals surface area contributed by atoms with Crippen molar-refractivity contribution in [2.45, 2.75) is 229 Å². The fraction of sp³-hybridized carbons (Fsp3) is 0.891. The van der Waals surface area contributed by atoms with E-state index in [9.17, 15) is 19.2 Å². The van der Waals surface area contributed by atoms with E-state index >= 15 is 0 Å². The monoisotopic (exact) mass is 943 g/mol. The van der Waals surface area contributed by atoms with E-state index in [2.05, 4.69) is 56.2 Å². The van der Waals surface area contributed by atoms with Crippen LogP contribution in [0.15, 0.2) is 11.6 Å². The highest BCUT2D eigenvalue weighted by molar-refractivity contribution is 5.75. The number of ether oxygens (including phenoxy) is 4. The standard InChI is InChI=1S/C55H98N4O8/c1-38(2)21-18-22-39(3)44-25-26-45-43-24-23-41-37-42(27-29-54(41,14)46(43)28-30-55(44,45)15)64-47(60)40(4)58(35-19-31-56-48(61)65-51(5,6)7)33-16-17-34-59(50(63)67-53(11,12)13)36-20-32-57-49(62)66-52(8,9)10/h23,38-40,42-46H,16-22,24-37H2,1-15H3,(H,56,61)(H,57,62)/t39?,40?,42-,43-,44+,45-,46-,54-,55+/m0/s1. The van der Waals surface area contributed by atoms with Gasteiger partial charge in [0.15, 0.2) is 0 Å². The van der Waals surface area contributed by atoms with Crippen molar-refractivity contribution in [3.8, 4) is 0 Å². The zero-order chi connectivity index (χ0) is 50.0. The fourth-order valence-corrected chi connectivity index (χ4v) is 12.5. The molecule has 3 fully saturated rings. The molecule has 0 radical (unpaired) electrons. The van der Waals surface area contributed by atoms with Crippen LogP contribution in [0.4, 0.5) is 14.4 Å². The molecule has 4 aliphatic carbocycles. The lowest BCUT2D eigenvalue weighted by Crippen LogP contribution is -2.51. The molecule has 4 rings (SSSR count). The Morgan fingerprint density at radius 1 is 0.687 bits per heavy atom.